The molecule has 0 atom stereocenters. The van der Waals surface area contributed by atoms with E-state index >= 15 is 0 Å². The van der Waals surface area contributed by atoms with Crippen molar-refractivity contribution in [1.29, 1.82) is 0 Å². The Morgan fingerprint density at radius 1 is 1.10 bits per heavy atom. The van der Waals surface area contributed by atoms with Crippen LogP contribution in [0.25, 0.3) is 6.08 Å². The van der Waals surface area contributed by atoms with Gasteiger partial charge in [0.05, 0.1) is 24.1 Å². The third-order valence-electron chi connectivity index (χ3n) is 4.92. The van der Waals surface area contributed by atoms with Crippen LogP contribution in [-0.2, 0) is 9.59 Å². The van der Waals surface area contributed by atoms with Crippen molar-refractivity contribution in [2.75, 3.05) is 33.9 Å². The van der Waals surface area contributed by atoms with E-state index in [-0.39, 0.29) is 17.4 Å². The molecule has 156 valence electrons. The molecule has 9 heteroatoms. The Labute approximate surface area is 178 Å². The van der Waals surface area contributed by atoms with Crippen molar-refractivity contribution in [1.82, 2.24) is 9.80 Å². The lowest BCUT2D eigenvalue weighted by Crippen LogP contribution is -2.42. The number of hydrogen-bond acceptors (Lipinski definition) is 6. The van der Waals surface area contributed by atoms with E-state index < -0.39 is 11.1 Å². The maximum atomic E-state index is 12.7. The molecular formula is C20H23ClN2O5S. The summed E-state index contributed by atoms with van der Waals surface area (Å²) in [4.78, 5) is 40.6. The topological polar surface area (TPSA) is 76.2 Å². The zero-order chi connectivity index (χ0) is 21.0. The van der Waals surface area contributed by atoms with Gasteiger partial charge in [0.2, 0.25) is 5.91 Å². The molecule has 0 saturated carbocycles. The Kier molecular flexibility index (Phi) is 7.08. The van der Waals surface area contributed by atoms with Crippen molar-refractivity contribution in [3.8, 4) is 11.5 Å². The van der Waals surface area contributed by atoms with E-state index in [1.54, 1.807) is 17.0 Å². The number of carbonyl (C=O) groups is 3. The van der Waals surface area contributed by atoms with E-state index in [9.17, 15) is 14.4 Å². The van der Waals surface area contributed by atoms with Gasteiger partial charge in [0.1, 0.15) is 6.54 Å². The molecule has 0 N–H and O–H groups in total. The van der Waals surface area contributed by atoms with Crippen LogP contribution in [0, 0.1) is 0 Å². The molecule has 0 spiro atoms. The van der Waals surface area contributed by atoms with E-state index in [1.165, 1.54) is 20.3 Å². The fraction of sp³-hybridized carbons (Fsp3) is 0.450. The lowest BCUT2D eigenvalue weighted by atomic mass is 10.1. The van der Waals surface area contributed by atoms with Gasteiger partial charge in [-0.3, -0.25) is 19.3 Å². The van der Waals surface area contributed by atoms with Crippen LogP contribution in [0.2, 0.25) is 5.02 Å². The van der Waals surface area contributed by atoms with Crippen molar-refractivity contribution >= 4 is 46.5 Å². The maximum absolute atomic E-state index is 12.7. The SMILES string of the molecule is COc1cc(Cl)c(C=C2SC(=O)N(CC(=O)N3CCCCCC3)C2=O)cc1OC. The molecule has 2 aliphatic rings. The van der Waals surface area contributed by atoms with E-state index in [2.05, 4.69) is 0 Å². The number of amides is 3. The van der Waals surface area contributed by atoms with Crippen LogP contribution in [-0.4, -0.2) is 60.7 Å². The Bertz CT molecular complexity index is 850. The first-order chi connectivity index (χ1) is 13.9. The monoisotopic (exact) mass is 438 g/mol. The van der Waals surface area contributed by atoms with E-state index in [0.29, 0.717) is 35.2 Å². The van der Waals surface area contributed by atoms with Crippen molar-refractivity contribution in [2.45, 2.75) is 25.7 Å². The van der Waals surface area contributed by atoms with Crippen molar-refractivity contribution in [3.05, 3.63) is 27.6 Å². The fourth-order valence-electron chi connectivity index (χ4n) is 3.31. The average molecular weight is 439 g/mol. The molecule has 7 nitrogen and oxygen atoms in total. The molecule has 3 amide bonds. The van der Waals surface area contributed by atoms with Gasteiger partial charge in [-0.1, -0.05) is 24.4 Å². The van der Waals surface area contributed by atoms with Crippen LogP contribution < -0.4 is 9.47 Å². The second kappa shape index (κ2) is 9.54. The van der Waals surface area contributed by atoms with Gasteiger partial charge in [-0.25, -0.2) is 0 Å². The van der Waals surface area contributed by atoms with Crippen LogP contribution in [0.5, 0.6) is 11.5 Å². The Balaban J connectivity index is 1.77. The molecule has 2 aliphatic heterocycles. The molecule has 0 unspecified atom stereocenters. The average Bonchev–Trinajstić information content (AvgIpc) is 2.91. The molecule has 0 aliphatic carbocycles. The number of ether oxygens (including phenoxy) is 2. The summed E-state index contributed by atoms with van der Waals surface area (Å²) in [5.41, 5.74) is 0.522. The number of rotatable bonds is 5. The molecule has 2 saturated heterocycles. The van der Waals surface area contributed by atoms with Crippen LogP contribution in [0.3, 0.4) is 0 Å². The smallest absolute Gasteiger partial charge is 0.294 e. The zero-order valence-corrected chi connectivity index (χ0v) is 18.0. The number of likely N-dealkylation sites (tertiary alicyclic amines) is 1. The zero-order valence-electron chi connectivity index (χ0n) is 16.4. The lowest BCUT2D eigenvalue weighted by Gasteiger charge is -2.22. The number of carbonyl (C=O) groups excluding carboxylic acids is 3. The summed E-state index contributed by atoms with van der Waals surface area (Å²) in [6, 6.07) is 3.22. The molecule has 2 heterocycles. The third-order valence-corrected chi connectivity index (χ3v) is 6.15. The molecule has 0 radical (unpaired) electrons. The van der Waals surface area contributed by atoms with Crippen LogP contribution in [0.15, 0.2) is 17.0 Å². The van der Waals surface area contributed by atoms with E-state index in [4.69, 9.17) is 21.1 Å². The Morgan fingerprint density at radius 3 is 2.34 bits per heavy atom. The molecule has 2 fully saturated rings. The van der Waals surface area contributed by atoms with Gasteiger partial charge in [-0.15, -0.1) is 0 Å². The minimum atomic E-state index is -0.492. The first-order valence-electron chi connectivity index (χ1n) is 9.39. The van der Waals surface area contributed by atoms with Gasteiger partial charge in [-0.2, -0.15) is 0 Å². The van der Waals surface area contributed by atoms with Gasteiger partial charge >= 0.3 is 0 Å². The highest BCUT2D eigenvalue weighted by Gasteiger charge is 2.37. The first-order valence-corrected chi connectivity index (χ1v) is 10.6. The van der Waals surface area contributed by atoms with Gasteiger partial charge in [0.15, 0.2) is 11.5 Å². The summed E-state index contributed by atoms with van der Waals surface area (Å²) in [7, 11) is 3.00. The standard InChI is InChI=1S/C20H23ClN2O5S/c1-27-15-9-13(14(21)11-16(15)28-2)10-17-19(25)23(20(26)29-17)12-18(24)22-7-5-3-4-6-8-22/h9-11H,3-8,12H2,1-2H3. The fourth-order valence-corrected chi connectivity index (χ4v) is 4.35. The van der Waals surface area contributed by atoms with Gasteiger partial charge < -0.3 is 14.4 Å². The highest BCUT2D eigenvalue weighted by atomic mass is 35.5. The maximum Gasteiger partial charge on any atom is 0.294 e. The lowest BCUT2D eigenvalue weighted by molar-refractivity contribution is -0.135. The summed E-state index contributed by atoms with van der Waals surface area (Å²) in [5, 5.41) is -0.101. The number of halogens is 1. The number of hydrogen-bond donors (Lipinski definition) is 0. The quantitative estimate of drug-likeness (QED) is 0.651. The summed E-state index contributed by atoms with van der Waals surface area (Å²) in [5.74, 6) is 0.234. The third kappa shape index (κ3) is 4.87. The molecule has 29 heavy (non-hydrogen) atoms. The first kappa shape index (κ1) is 21.5. The predicted molar refractivity (Wildman–Crippen MR) is 112 cm³/mol. The van der Waals surface area contributed by atoms with Crippen molar-refractivity contribution in [3.63, 3.8) is 0 Å². The molecule has 3 rings (SSSR count). The number of nitrogens with zero attached hydrogens (tertiary/aromatic N) is 2. The summed E-state index contributed by atoms with van der Waals surface area (Å²) in [6.07, 6.45) is 5.63. The minimum Gasteiger partial charge on any atom is -0.493 e. The molecule has 0 bridgehead atoms. The molecule has 1 aromatic carbocycles. The summed E-state index contributed by atoms with van der Waals surface area (Å²) >= 11 is 7.08. The van der Waals surface area contributed by atoms with Crippen LogP contribution in [0.1, 0.15) is 31.2 Å². The highest BCUT2D eigenvalue weighted by molar-refractivity contribution is 8.18. The summed E-state index contributed by atoms with van der Waals surface area (Å²) < 4.78 is 10.5. The highest BCUT2D eigenvalue weighted by Crippen LogP contribution is 2.37. The summed E-state index contributed by atoms with van der Waals surface area (Å²) in [6.45, 7) is 1.11. The van der Waals surface area contributed by atoms with E-state index in [1.807, 2.05) is 0 Å². The van der Waals surface area contributed by atoms with Gasteiger partial charge in [0, 0.05) is 19.2 Å². The molecule has 0 aromatic heterocycles. The van der Waals surface area contributed by atoms with Crippen molar-refractivity contribution in [2.24, 2.45) is 0 Å². The normalized spacial score (nSPS) is 18.9. The second-order valence-electron chi connectivity index (χ2n) is 6.79. The Morgan fingerprint density at radius 2 is 1.72 bits per heavy atom. The van der Waals surface area contributed by atoms with Crippen molar-refractivity contribution < 1.29 is 23.9 Å². The van der Waals surface area contributed by atoms with Crippen LogP contribution in [0.4, 0.5) is 4.79 Å². The number of benzene rings is 1. The minimum absolute atomic E-state index is 0.195. The van der Waals surface area contributed by atoms with Gasteiger partial charge in [0.25, 0.3) is 11.1 Å². The number of thioether (sulfide) groups is 1. The Hall–Kier alpha value is -2.19. The number of methoxy groups -OCH3 is 2. The number of imide groups is 1. The van der Waals surface area contributed by atoms with E-state index in [0.717, 1.165) is 42.3 Å². The van der Waals surface area contributed by atoms with Gasteiger partial charge in [-0.05, 0) is 42.3 Å². The molecular weight excluding hydrogens is 416 g/mol. The largest absolute Gasteiger partial charge is 0.493 e. The molecule has 1 aromatic rings. The predicted octanol–water partition coefficient (Wildman–Crippen LogP) is 3.80. The van der Waals surface area contributed by atoms with Crippen LogP contribution >= 0.6 is 23.4 Å². The second-order valence-corrected chi connectivity index (χ2v) is 8.19.